The van der Waals surface area contributed by atoms with Gasteiger partial charge < -0.3 is 5.73 Å². The monoisotopic (exact) mass is 151 g/mol. The van der Waals surface area contributed by atoms with E-state index < -0.39 is 0 Å². The molecule has 0 bridgehead atoms. The highest BCUT2D eigenvalue weighted by Crippen LogP contribution is 2.38. The predicted molar refractivity (Wildman–Crippen MR) is 41.7 cm³/mol. The molecular formula is C9H10FN. The molecule has 0 unspecified atom stereocenters. The average Bonchev–Trinajstić information content (AvgIpc) is 2.69. The summed E-state index contributed by atoms with van der Waals surface area (Å²) in [5.74, 6) is 0.304. The molecule has 0 radical (unpaired) electrons. The Hall–Kier alpha value is -0.890. The molecule has 0 heterocycles. The molecule has 2 rings (SSSR count). The number of nitrogens with two attached hydrogens (primary N) is 1. The Morgan fingerprint density at radius 3 is 2.27 bits per heavy atom. The van der Waals surface area contributed by atoms with E-state index in [0.717, 1.165) is 6.42 Å². The lowest BCUT2D eigenvalue weighted by Crippen LogP contribution is -2.00. The highest BCUT2D eigenvalue weighted by Gasteiger charge is 2.34. The van der Waals surface area contributed by atoms with Gasteiger partial charge in [0.1, 0.15) is 5.82 Å². The van der Waals surface area contributed by atoms with Crippen molar-refractivity contribution in [2.24, 2.45) is 5.73 Å². The summed E-state index contributed by atoms with van der Waals surface area (Å²) in [6, 6.07) is 6.90. The van der Waals surface area contributed by atoms with Crippen LogP contribution in [0.3, 0.4) is 0 Å². The summed E-state index contributed by atoms with van der Waals surface area (Å²) >= 11 is 0. The van der Waals surface area contributed by atoms with E-state index in [4.69, 9.17) is 5.73 Å². The van der Waals surface area contributed by atoms with E-state index in [1.54, 1.807) is 0 Å². The smallest absolute Gasteiger partial charge is 0.123 e. The largest absolute Gasteiger partial charge is 0.327 e. The molecule has 0 aromatic heterocycles. The predicted octanol–water partition coefficient (Wildman–Crippen LogP) is 1.64. The van der Waals surface area contributed by atoms with Gasteiger partial charge in [0.05, 0.1) is 0 Å². The second-order valence-corrected chi connectivity index (χ2v) is 3.06. The Labute approximate surface area is 65.0 Å². The zero-order valence-corrected chi connectivity index (χ0v) is 6.13. The van der Waals surface area contributed by atoms with E-state index in [9.17, 15) is 4.39 Å². The first-order valence-electron chi connectivity index (χ1n) is 3.78. The van der Waals surface area contributed by atoms with Crippen LogP contribution >= 0.6 is 0 Å². The first-order valence-corrected chi connectivity index (χ1v) is 3.78. The van der Waals surface area contributed by atoms with E-state index in [1.165, 1.54) is 17.7 Å². The molecule has 58 valence electrons. The summed E-state index contributed by atoms with van der Waals surface area (Å²) in [4.78, 5) is 0. The van der Waals surface area contributed by atoms with Crippen LogP contribution in [0.25, 0.3) is 0 Å². The van der Waals surface area contributed by atoms with Crippen LogP contribution < -0.4 is 5.73 Å². The third kappa shape index (κ3) is 1.26. The van der Waals surface area contributed by atoms with Gasteiger partial charge >= 0.3 is 0 Å². The van der Waals surface area contributed by atoms with Gasteiger partial charge in [0, 0.05) is 12.0 Å². The van der Waals surface area contributed by atoms with Crippen LogP contribution in [0.2, 0.25) is 0 Å². The molecule has 1 nitrogen and oxygen atoms in total. The second-order valence-electron chi connectivity index (χ2n) is 3.06. The molecular weight excluding hydrogens is 141 g/mol. The fourth-order valence-electron chi connectivity index (χ4n) is 1.31. The van der Waals surface area contributed by atoms with Crippen molar-refractivity contribution in [2.75, 3.05) is 0 Å². The zero-order chi connectivity index (χ0) is 7.84. The van der Waals surface area contributed by atoms with Crippen LogP contribution in [0.5, 0.6) is 0 Å². The van der Waals surface area contributed by atoms with Gasteiger partial charge in [-0.05, 0) is 24.1 Å². The summed E-state index contributed by atoms with van der Waals surface area (Å²) in [5.41, 5.74) is 6.81. The molecule has 2 atom stereocenters. The summed E-state index contributed by atoms with van der Waals surface area (Å²) in [5, 5.41) is 0. The molecule has 1 aliphatic rings. The first kappa shape index (κ1) is 6.80. The molecule has 1 fully saturated rings. The Kier molecular flexibility index (Phi) is 1.43. The minimum Gasteiger partial charge on any atom is -0.327 e. The summed E-state index contributed by atoms with van der Waals surface area (Å²) in [6.07, 6.45) is 1.05. The molecule has 0 amide bonds. The van der Waals surface area contributed by atoms with Crippen LogP contribution in [0.4, 0.5) is 4.39 Å². The number of rotatable bonds is 1. The molecule has 1 aliphatic carbocycles. The van der Waals surface area contributed by atoms with E-state index >= 15 is 0 Å². The van der Waals surface area contributed by atoms with Gasteiger partial charge in [-0.2, -0.15) is 0 Å². The molecule has 0 spiro atoms. The van der Waals surface area contributed by atoms with Gasteiger partial charge in [-0.1, -0.05) is 12.1 Å². The standard InChI is InChI=1S/C9H10FN/c10-7-3-1-6(2-4-7)8-5-9(8)11/h1-4,8-9H,5,11H2/t8-,9-/m0/s1. The molecule has 11 heavy (non-hydrogen) atoms. The lowest BCUT2D eigenvalue weighted by Gasteiger charge is -1.96. The van der Waals surface area contributed by atoms with Gasteiger partial charge in [-0.3, -0.25) is 0 Å². The quantitative estimate of drug-likeness (QED) is 0.648. The molecule has 2 N–H and O–H groups in total. The third-order valence-electron chi connectivity index (χ3n) is 2.14. The maximum absolute atomic E-state index is 12.4. The lowest BCUT2D eigenvalue weighted by atomic mass is 10.1. The highest BCUT2D eigenvalue weighted by atomic mass is 19.1. The molecule has 2 heteroatoms. The highest BCUT2D eigenvalue weighted by molar-refractivity contribution is 5.27. The van der Waals surface area contributed by atoms with Crippen LogP contribution in [-0.4, -0.2) is 6.04 Å². The second kappa shape index (κ2) is 2.31. The average molecular weight is 151 g/mol. The van der Waals surface area contributed by atoms with Crippen molar-refractivity contribution in [3.63, 3.8) is 0 Å². The van der Waals surface area contributed by atoms with Crippen molar-refractivity contribution in [1.82, 2.24) is 0 Å². The van der Waals surface area contributed by atoms with Crippen LogP contribution in [0, 0.1) is 5.82 Å². The molecule has 1 aromatic rings. The minimum absolute atomic E-state index is 0.178. The Bertz CT molecular complexity index is 255. The van der Waals surface area contributed by atoms with Crippen molar-refractivity contribution >= 4 is 0 Å². The number of halogens is 1. The summed E-state index contributed by atoms with van der Waals surface area (Å²) in [6.45, 7) is 0. The van der Waals surface area contributed by atoms with Crippen molar-refractivity contribution in [2.45, 2.75) is 18.4 Å². The van der Waals surface area contributed by atoms with E-state index in [1.807, 2.05) is 12.1 Å². The summed E-state index contributed by atoms with van der Waals surface area (Å²) < 4.78 is 12.4. The molecule has 1 saturated carbocycles. The van der Waals surface area contributed by atoms with Gasteiger partial charge in [0.25, 0.3) is 0 Å². The SMILES string of the molecule is N[C@H]1C[C@H]1c1ccc(F)cc1. The fourth-order valence-corrected chi connectivity index (χ4v) is 1.31. The van der Waals surface area contributed by atoms with E-state index in [-0.39, 0.29) is 5.82 Å². The fraction of sp³-hybridized carbons (Fsp3) is 0.333. The zero-order valence-electron chi connectivity index (χ0n) is 6.13. The Morgan fingerprint density at radius 1 is 1.27 bits per heavy atom. The van der Waals surface area contributed by atoms with Gasteiger partial charge in [0.2, 0.25) is 0 Å². The Balaban J connectivity index is 2.21. The van der Waals surface area contributed by atoms with Crippen molar-refractivity contribution in [3.05, 3.63) is 35.6 Å². The third-order valence-corrected chi connectivity index (χ3v) is 2.14. The maximum atomic E-state index is 12.4. The van der Waals surface area contributed by atoms with Crippen molar-refractivity contribution < 1.29 is 4.39 Å². The number of hydrogen-bond donors (Lipinski definition) is 1. The van der Waals surface area contributed by atoms with Crippen LogP contribution in [-0.2, 0) is 0 Å². The lowest BCUT2D eigenvalue weighted by molar-refractivity contribution is 0.627. The van der Waals surface area contributed by atoms with Gasteiger partial charge in [-0.15, -0.1) is 0 Å². The molecule has 0 saturated heterocycles. The van der Waals surface area contributed by atoms with Crippen LogP contribution in [0.15, 0.2) is 24.3 Å². The minimum atomic E-state index is -0.178. The van der Waals surface area contributed by atoms with E-state index in [2.05, 4.69) is 0 Å². The topological polar surface area (TPSA) is 26.0 Å². The number of benzene rings is 1. The molecule has 0 aliphatic heterocycles. The van der Waals surface area contributed by atoms with Gasteiger partial charge in [-0.25, -0.2) is 4.39 Å². The Morgan fingerprint density at radius 2 is 1.82 bits per heavy atom. The van der Waals surface area contributed by atoms with Crippen LogP contribution in [0.1, 0.15) is 17.9 Å². The number of hydrogen-bond acceptors (Lipinski definition) is 1. The van der Waals surface area contributed by atoms with Gasteiger partial charge in [0.15, 0.2) is 0 Å². The maximum Gasteiger partial charge on any atom is 0.123 e. The normalized spacial score (nSPS) is 28.5. The van der Waals surface area contributed by atoms with Crippen molar-refractivity contribution in [3.8, 4) is 0 Å². The molecule has 1 aromatic carbocycles. The van der Waals surface area contributed by atoms with E-state index in [0.29, 0.717) is 12.0 Å². The summed E-state index contributed by atoms with van der Waals surface area (Å²) in [7, 11) is 0. The first-order chi connectivity index (χ1) is 5.27. The van der Waals surface area contributed by atoms with Crippen molar-refractivity contribution in [1.29, 1.82) is 0 Å².